The number of ether oxygens (including phenoxy) is 2. The van der Waals surface area contributed by atoms with E-state index in [9.17, 15) is 18.0 Å². The molecule has 0 radical (unpaired) electrons. The van der Waals surface area contributed by atoms with E-state index in [-0.39, 0.29) is 33.9 Å². The Morgan fingerprint density at radius 2 is 1.66 bits per heavy atom. The van der Waals surface area contributed by atoms with E-state index in [2.05, 4.69) is 5.32 Å². The highest BCUT2D eigenvalue weighted by Gasteiger charge is 2.59. The number of benzene rings is 2. The van der Waals surface area contributed by atoms with E-state index in [1.165, 1.54) is 38.5 Å². The van der Waals surface area contributed by atoms with Gasteiger partial charge in [-0.1, -0.05) is 37.6 Å². The monoisotopic (exact) mass is 427 g/mol. The summed E-state index contributed by atoms with van der Waals surface area (Å²) < 4.78 is 48.8. The summed E-state index contributed by atoms with van der Waals surface area (Å²) in [5.41, 5.74) is -0.00284. The van der Waals surface area contributed by atoms with Crippen molar-refractivity contribution >= 4 is 17.5 Å². The van der Waals surface area contributed by atoms with Crippen molar-refractivity contribution in [1.29, 1.82) is 0 Å². The molecule has 8 heteroatoms. The number of carbonyl (C=O) groups excluding carboxylic acids is 1. The molecule has 156 valence electrons. The van der Waals surface area contributed by atoms with Crippen LogP contribution in [0.1, 0.15) is 41.3 Å². The Kier molecular flexibility index (Phi) is 5.47. The van der Waals surface area contributed by atoms with Crippen LogP contribution < -0.4 is 14.8 Å². The van der Waals surface area contributed by atoms with Crippen molar-refractivity contribution in [3.8, 4) is 11.5 Å². The Morgan fingerprint density at radius 1 is 1.07 bits per heavy atom. The Balaban J connectivity index is 1.80. The number of methoxy groups -OCH3 is 2. The average molecular weight is 428 g/mol. The van der Waals surface area contributed by atoms with Crippen LogP contribution in [0.3, 0.4) is 0 Å². The summed E-state index contributed by atoms with van der Waals surface area (Å²) in [5, 5.41) is 3.22. The molecule has 2 unspecified atom stereocenters. The maximum atomic E-state index is 12.8. The third kappa shape index (κ3) is 4.01. The van der Waals surface area contributed by atoms with E-state index in [4.69, 9.17) is 21.1 Å². The minimum absolute atomic E-state index is 0.103. The summed E-state index contributed by atoms with van der Waals surface area (Å²) in [7, 11) is 2.90. The van der Waals surface area contributed by atoms with Gasteiger partial charge in [0.2, 0.25) is 0 Å². The van der Waals surface area contributed by atoms with Gasteiger partial charge in [-0.25, -0.2) is 0 Å². The fourth-order valence-electron chi connectivity index (χ4n) is 3.67. The lowest BCUT2D eigenvalue weighted by molar-refractivity contribution is -0.137. The highest BCUT2D eigenvalue weighted by Crippen LogP contribution is 2.59. The molecule has 0 heterocycles. The largest absolute Gasteiger partial charge is 0.496 e. The number of hydrogen-bond acceptors (Lipinski definition) is 3. The lowest BCUT2D eigenvalue weighted by atomic mass is 10.0. The summed E-state index contributed by atoms with van der Waals surface area (Å²) in [6.07, 6.45) is -4.38. The van der Waals surface area contributed by atoms with Gasteiger partial charge in [0.1, 0.15) is 11.5 Å². The third-order valence-corrected chi connectivity index (χ3v) is 5.72. The summed E-state index contributed by atoms with van der Waals surface area (Å²) >= 11 is 6.13. The van der Waals surface area contributed by atoms with E-state index < -0.39 is 11.7 Å². The average Bonchev–Trinajstić information content (AvgIpc) is 3.20. The van der Waals surface area contributed by atoms with Crippen molar-refractivity contribution in [3.05, 3.63) is 58.1 Å². The van der Waals surface area contributed by atoms with Crippen molar-refractivity contribution in [3.63, 3.8) is 0 Å². The van der Waals surface area contributed by atoms with E-state index in [0.717, 1.165) is 17.7 Å². The van der Waals surface area contributed by atoms with Gasteiger partial charge < -0.3 is 14.8 Å². The van der Waals surface area contributed by atoms with Crippen LogP contribution in [-0.2, 0) is 6.18 Å². The molecule has 1 aliphatic carbocycles. The lowest BCUT2D eigenvalue weighted by Gasteiger charge is -2.13. The number of alkyl halides is 3. The Hall–Kier alpha value is -2.41. The van der Waals surface area contributed by atoms with Crippen molar-refractivity contribution in [2.75, 3.05) is 14.2 Å². The van der Waals surface area contributed by atoms with Crippen LogP contribution in [0.25, 0.3) is 0 Å². The van der Waals surface area contributed by atoms with Gasteiger partial charge in [-0.3, -0.25) is 4.79 Å². The van der Waals surface area contributed by atoms with Crippen molar-refractivity contribution in [1.82, 2.24) is 5.32 Å². The molecule has 3 rings (SSSR count). The van der Waals surface area contributed by atoms with Crippen LogP contribution >= 0.6 is 11.6 Å². The van der Waals surface area contributed by atoms with Crippen LogP contribution in [0.2, 0.25) is 5.02 Å². The number of hydrogen-bond donors (Lipinski definition) is 1. The third-order valence-electron chi connectivity index (χ3n) is 5.43. The fourth-order valence-corrected chi connectivity index (χ4v) is 3.91. The molecular formula is C21H21ClF3NO3. The van der Waals surface area contributed by atoms with Gasteiger partial charge >= 0.3 is 6.18 Å². The van der Waals surface area contributed by atoms with Crippen LogP contribution in [0.15, 0.2) is 36.4 Å². The maximum absolute atomic E-state index is 12.8. The Morgan fingerprint density at radius 3 is 2.17 bits per heavy atom. The number of halogens is 4. The Bertz CT molecular complexity index is 926. The molecule has 2 atom stereocenters. The first-order chi connectivity index (χ1) is 13.5. The maximum Gasteiger partial charge on any atom is 0.416 e. The first-order valence-corrected chi connectivity index (χ1v) is 9.28. The van der Waals surface area contributed by atoms with Gasteiger partial charge in [0.15, 0.2) is 0 Å². The molecule has 2 aromatic carbocycles. The minimum atomic E-state index is -4.38. The van der Waals surface area contributed by atoms with Crippen molar-refractivity contribution in [2.45, 2.75) is 32.0 Å². The zero-order valence-corrected chi connectivity index (χ0v) is 17.1. The molecule has 1 amide bonds. The molecule has 0 saturated heterocycles. The summed E-state index contributed by atoms with van der Waals surface area (Å²) in [6, 6.07) is 7.82. The van der Waals surface area contributed by atoms with Gasteiger partial charge in [0.05, 0.1) is 30.4 Å². The second-order valence-electron chi connectivity index (χ2n) is 7.56. The molecule has 1 fully saturated rings. The van der Waals surface area contributed by atoms with E-state index in [0.29, 0.717) is 11.5 Å². The molecule has 29 heavy (non-hydrogen) atoms. The number of rotatable bonds is 5. The second kappa shape index (κ2) is 7.44. The van der Waals surface area contributed by atoms with Gasteiger partial charge in [0.25, 0.3) is 5.91 Å². The van der Waals surface area contributed by atoms with Crippen LogP contribution in [0.4, 0.5) is 13.2 Å². The molecule has 1 aliphatic rings. The van der Waals surface area contributed by atoms with Gasteiger partial charge in [-0.05, 0) is 29.2 Å². The van der Waals surface area contributed by atoms with Gasteiger partial charge in [-0.15, -0.1) is 0 Å². The standard InChI is InChI=1S/C21H21ClF3NO3/c1-20(2)17(11-5-7-12(8-6-11)21(23,24)25)18(20)26-19(27)13-9-14(22)16(29-4)10-15(13)28-3/h5-10,17-18H,1-4H3,(H,26,27). The topological polar surface area (TPSA) is 47.6 Å². The Labute approximate surface area is 172 Å². The predicted octanol–water partition coefficient (Wildman–Crippen LogP) is 5.30. The molecule has 1 N–H and O–H groups in total. The van der Waals surface area contributed by atoms with Crippen molar-refractivity contribution in [2.24, 2.45) is 5.41 Å². The van der Waals surface area contributed by atoms with Crippen molar-refractivity contribution < 1.29 is 27.4 Å². The van der Waals surface area contributed by atoms with E-state index >= 15 is 0 Å². The van der Waals surface area contributed by atoms with Crippen LogP contribution in [0.5, 0.6) is 11.5 Å². The summed E-state index contributed by atoms with van der Waals surface area (Å²) in [4.78, 5) is 12.8. The quantitative estimate of drug-likeness (QED) is 0.704. The first-order valence-electron chi connectivity index (χ1n) is 8.90. The molecule has 4 nitrogen and oxygen atoms in total. The summed E-state index contributed by atoms with van der Waals surface area (Å²) in [5.74, 6) is 0.218. The number of carbonyl (C=O) groups is 1. The van der Waals surface area contributed by atoms with Gasteiger partial charge in [0, 0.05) is 18.0 Å². The summed E-state index contributed by atoms with van der Waals surface area (Å²) in [6.45, 7) is 3.91. The lowest BCUT2D eigenvalue weighted by Crippen LogP contribution is -2.29. The zero-order chi connectivity index (χ0) is 21.6. The fraction of sp³-hybridized carbons (Fsp3) is 0.381. The molecule has 0 bridgehead atoms. The normalized spacial score (nSPS) is 20.1. The van der Waals surface area contributed by atoms with E-state index in [1.807, 2.05) is 13.8 Å². The zero-order valence-electron chi connectivity index (χ0n) is 16.4. The SMILES string of the molecule is COc1cc(OC)c(C(=O)NC2C(c3ccc(C(F)(F)F)cc3)C2(C)C)cc1Cl. The predicted molar refractivity (Wildman–Crippen MR) is 104 cm³/mol. The van der Waals surface area contributed by atoms with E-state index in [1.54, 1.807) is 0 Å². The highest BCUT2D eigenvalue weighted by atomic mass is 35.5. The molecular weight excluding hydrogens is 407 g/mol. The van der Waals surface area contributed by atoms with Crippen LogP contribution in [0, 0.1) is 5.41 Å². The first kappa shape index (κ1) is 21.3. The molecule has 1 saturated carbocycles. The number of nitrogens with one attached hydrogen (secondary N) is 1. The second-order valence-corrected chi connectivity index (χ2v) is 7.96. The minimum Gasteiger partial charge on any atom is -0.496 e. The molecule has 2 aromatic rings. The molecule has 0 aliphatic heterocycles. The van der Waals surface area contributed by atoms with Crippen LogP contribution in [-0.4, -0.2) is 26.2 Å². The smallest absolute Gasteiger partial charge is 0.416 e. The molecule has 0 spiro atoms. The highest BCUT2D eigenvalue weighted by molar-refractivity contribution is 6.32. The van der Waals surface area contributed by atoms with Gasteiger partial charge in [-0.2, -0.15) is 13.2 Å². The molecule has 0 aromatic heterocycles. The number of amides is 1.